The molecule has 1 aromatic heterocycles. The number of pyridine rings is 1. The van der Waals surface area contributed by atoms with Crippen molar-refractivity contribution in [2.24, 2.45) is 0 Å². The lowest BCUT2D eigenvalue weighted by Gasteiger charge is -2.09. The van der Waals surface area contributed by atoms with Gasteiger partial charge in [-0.15, -0.1) is 0 Å². The number of para-hydroxylation sites is 1. The van der Waals surface area contributed by atoms with E-state index in [9.17, 15) is 9.59 Å². The van der Waals surface area contributed by atoms with Crippen LogP contribution in [0.5, 0.6) is 5.75 Å². The fourth-order valence-corrected chi connectivity index (χ4v) is 1.87. The number of carbonyl (C=O) groups excluding carboxylic acids is 2. The summed E-state index contributed by atoms with van der Waals surface area (Å²) < 4.78 is 5.13. The lowest BCUT2D eigenvalue weighted by atomic mass is 10.2. The van der Waals surface area contributed by atoms with Crippen molar-refractivity contribution in [2.75, 3.05) is 20.2 Å². The smallest absolute Gasteiger partial charge is 0.269 e. The van der Waals surface area contributed by atoms with Gasteiger partial charge >= 0.3 is 0 Å². The number of rotatable bonds is 6. The molecule has 0 aliphatic carbocycles. The fourth-order valence-electron chi connectivity index (χ4n) is 1.87. The first-order valence-corrected chi connectivity index (χ1v) is 6.83. The summed E-state index contributed by atoms with van der Waals surface area (Å²) in [6.07, 6.45) is 1.55. The molecule has 2 rings (SSSR count). The molecule has 0 bridgehead atoms. The van der Waals surface area contributed by atoms with E-state index >= 15 is 0 Å². The molecule has 0 unspecified atom stereocenters. The normalized spacial score (nSPS) is 9.86. The predicted molar refractivity (Wildman–Crippen MR) is 81.9 cm³/mol. The van der Waals surface area contributed by atoms with Gasteiger partial charge in [-0.05, 0) is 24.3 Å². The SMILES string of the molecule is COc1ccccc1C(=O)NCCNC(=O)c1ccccn1. The van der Waals surface area contributed by atoms with E-state index in [-0.39, 0.29) is 11.8 Å². The van der Waals surface area contributed by atoms with Crippen LogP contribution in [-0.4, -0.2) is 37.0 Å². The summed E-state index contributed by atoms with van der Waals surface area (Å²) >= 11 is 0. The largest absolute Gasteiger partial charge is 0.496 e. The molecule has 2 N–H and O–H groups in total. The number of amides is 2. The van der Waals surface area contributed by atoms with Crippen LogP contribution in [0.3, 0.4) is 0 Å². The van der Waals surface area contributed by atoms with Crippen molar-refractivity contribution in [2.45, 2.75) is 0 Å². The standard InChI is InChI=1S/C16H17N3O3/c1-22-14-8-3-2-6-12(14)15(20)18-10-11-19-16(21)13-7-4-5-9-17-13/h2-9H,10-11H2,1H3,(H,18,20)(H,19,21). The number of aromatic nitrogens is 1. The second-order valence-electron chi connectivity index (χ2n) is 4.43. The van der Waals surface area contributed by atoms with Gasteiger partial charge in [0.2, 0.25) is 0 Å². The first-order chi connectivity index (χ1) is 10.7. The highest BCUT2D eigenvalue weighted by Crippen LogP contribution is 2.16. The van der Waals surface area contributed by atoms with Gasteiger partial charge in [0.05, 0.1) is 12.7 Å². The Morgan fingerprint density at radius 3 is 2.36 bits per heavy atom. The Balaban J connectivity index is 1.79. The quantitative estimate of drug-likeness (QED) is 0.787. The highest BCUT2D eigenvalue weighted by Gasteiger charge is 2.11. The van der Waals surface area contributed by atoms with Crippen molar-refractivity contribution >= 4 is 11.8 Å². The molecule has 0 saturated heterocycles. The number of nitrogens with one attached hydrogen (secondary N) is 2. The van der Waals surface area contributed by atoms with Crippen molar-refractivity contribution in [3.63, 3.8) is 0 Å². The van der Waals surface area contributed by atoms with Crippen molar-refractivity contribution < 1.29 is 14.3 Å². The molecular weight excluding hydrogens is 282 g/mol. The molecule has 0 spiro atoms. The van der Waals surface area contributed by atoms with E-state index in [1.807, 2.05) is 0 Å². The predicted octanol–water partition coefficient (Wildman–Crippen LogP) is 1.25. The second kappa shape index (κ2) is 7.78. The molecule has 0 fully saturated rings. The van der Waals surface area contributed by atoms with Crippen molar-refractivity contribution in [1.29, 1.82) is 0 Å². The Bertz CT molecular complexity index is 644. The third kappa shape index (κ3) is 4.05. The van der Waals surface area contributed by atoms with Crippen molar-refractivity contribution in [1.82, 2.24) is 15.6 Å². The minimum absolute atomic E-state index is 0.246. The second-order valence-corrected chi connectivity index (χ2v) is 4.43. The molecule has 0 radical (unpaired) electrons. The number of hydrogen-bond donors (Lipinski definition) is 2. The molecule has 1 heterocycles. The van der Waals surface area contributed by atoms with Gasteiger partial charge in [-0.25, -0.2) is 0 Å². The first-order valence-electron chi connectivity index (χ1n) is 6.83. The van der Waals surface area contributed by atoms with Crippen LogP contribution in [0.4, 0.5) is 0 Å². The summed E-state index contributed by atoms with van der Waals surface area (Å²) in [6.45, 7) is 0.631. The Hall–Kier alpha value is -2.89. The maximum Gasteiger partial charge on any atom is 0.269 e. The van der Waals surface area contributed by atoms with Gasteiger partial charge in [0, 0.05) is 19.3 Å². The van der Waals surface area contributed by atoms with Gasteiger partial charge in [-0.3, -0.25) is 14.6 Å². The molecule has 2 aromatic rings. The summed E-state index contributed by atoms with van der Waals surface area (Å²) in [5.74, 6) is -0.00537. The van der Waals surface area contributed by atoms with E-state index in [0.29, 0.717) is 30.1 Å². The third-order valence-corrected chi connectivity index (χ3v) is 2.95. The number of methoxy groups -OCH3 is 1. The molecule has 1 aromatic carbocycles. The Labute approximate surface area is 128 Å². The van der Waals surface area contributed by atoms with Crippen molar-refractivity contribution in [3.05, 3.63) is 59.9 Å². The van der Waals surface area contributed by atoms with E-state index in [1.165, 1.54) is 7.11 Å². The highest BCUT2D eigenvalue weighted by molar-refractivity contribution is 5.97. The van der Waals surface area contributed by atoms with Gasteiger partial charge in [-0.1, -0.05) is 18.2 Å². The van der Waals surface area contributed by atoms with Crippen LogP contribution >= 0.6 is 0 Å². The average Bonchev–Trinajstić information content (AvgIpc) is 2.59. The number of nitrogens with zero attached hydrogens (tertiary/aromatic N) is 1. The highest BCUT2D eigenvalue weighted by atomic mass is 16.5. The lowest BCUT2D eigenvalue weighted by molar-refractivity contribution is 0.0923. The minimum atomic E-state index is -0.271. The summed E-state index contributed by atoms with van der Waals surface area (Å²) in [4.78, 5) is 27.7. The molecule has 22 heavy (non-hydrogen) atoms. The van der Waals surface area contributed by atoms with Gasteiger partial charge in [0.15, 0.2) is 0 Å². The summed E-state index contributed by atoms with van der Waals surface area (Å²) in [7, 11) is 1.51. The third-order valence-electron chi connectivity index (χ3n) is 2.95. The Morgan fingerprint density at radius 2 is 1.68 bits per heavy atom. The summed E-state index contributed by atoms with van der Waals surface area (Å²) in [6, 6.07) is 12.1. The molecule has 6 nitrogen and oxygen atoms in total. The Kier molecular flexibility index (Phi) is 5.48. The molecule has 0 atom stereocenters. The van der Waals surface area contributed by atoms with Gasteiger partial charge in [-0.2, -0.15) is 0 Å². The summed E-state index contributed by atoms with van der Waals surface area (Å²) in [5, 5.41) is 5.41. The minimum Gasteiger partial charge on any atom is -0.496 e. The molecule has 0 saturated carbocycles. The number of hydrogen-bond acceptors (Lipinski definition) is 4. The summed E-state index contributed by atoms with van der Waals surface area (Å²) in [5.41, 5.74) is 0.805. The van der Waals surface area contributed by atoms with E-state index in [4.69, 9.17) is 4.74 Å². The molecule has 6 heteroatoms. The van der Waals surface area contributed by atoms with Crippen LogP contribution in [0.2, 0.25) is 0 Å². The van der Waals surface area contributed by atoms with E-state index in [2.05, 4.69) is 15.6 Å². The molecule has 114 valence electrons. The van der Waals surface area contributed by atoms with E-state index in [1.54, 1.807) is 48.7 Å². The molecule has 2 amide bonds. The van der Waals surface area contributed by atoms with Gasteiger partial charge in [0.25, 0.3) is 11.8 Å². The van der Waals surface area contributed by atoms with Gasteiger partial charge in [0.1, 0.15) is 11.4 Å². The topological polar surface area (TPSA) is 80.3 Å². The monoisotopic (exact) mass is 299 g/mol. The molecule has 0 aliphatic rings. The van der Waals surface area contributed by atoms with Gasteiger partial charge < -0.3 is 15.4 Å². The zero-order valence-corrected chi connectivity index (χ0v) is 12.2. The zero-order valence-electron chi connectivity index (χ0n) is 12.2. The maximum atomic E-state index is 12.0. The van der Waals surface area contributed by atoms with Crippen LogP contribution in [0.15, 0.2) is 48.7 Å². The lowest BCUT2D eigenvalue weighted by Crippen LogP contribution is -2.35. The zero-order chi connectivity index (χ0) is 15.8. The van der Waals surface area contributed by atoms with Crippen LogP contribution in [0, 0.1) is 0 Å². The first kappa shape index (κ1) is 15.5. The average molecular weight is 299 g/mol. The van der Waals surface area contributed by atoms with Crippen LogP contribution < -0.4 is 15.4 Å². The van der Waals surface area contributed by atoms with Crippen LogP contribution in [0.1, 0.15) is 20.8 Å². The van der Waals surface area contributed by atoms with Crippen LogP contribution in [0.25, 0.3) is 0 Å². The number of benzene rings is 1. The molecular formula is C16H17N3O3. The fraction of sp³-hybridized carbons (Fsp3) is 0.188. The number of carbonyl (C=O) groups is 2. The maximum absolute atomic E-state index is 12.0. The molecule has 0 aliphatic heterocycles. The van der Waals surface area contributed by atoms with Crippen LogP contribution in [-0.2, 0) is 0 Å². The van der Waals surface area contributed by atoms with E-state index in [0.717, 1.165) is 0 Å². The number of ether oxygens (including phenoxy) is 1. The van der Waals surface area contributed by atoms with Crippen molar-refractivity contribution in [3.8, 4) is 5.75 Å². The Morgan fingerprint density at radius 1 is 1.00 bits per heavy atom. The van der Waals surface area contributed by atoms with E-state index < -0.39 is 0 Å².